The Kier molecular flexibility index (Phi) is 4.92. The van der Waals surface area contributed by atoms with E-state index in [1.54, 1.807) is 18.4 Å². The predicted octanol–water partition coefficient (Wildman–Crippen LogP) is 3.75. The molecule has 0 bridgehead atoms. The van der Waals surface area contributed by atoms with Crippen molar-refractivity contribution in [3.63, 3.8) is 0 Å². The monoisotopic (exact) mass is 344 g/mol. The van der Waals surface area contributed by atoms with Gasteiger partial charge in [0.2, 0.25) is 0 Å². The van der Waals surface area contributed by atoms with E-state index in [2.05, 4.69) is 40.6 Å². The molecule has 2 aromatic rings. The van der Waals surface area contributed by atoms with E-state index in [0.29, 0.717) is 6.61 Å². The number of hydrogen-bond donors (Lipinski definition) is 0. The molecule has 1 aromatic carbocycles. The number of rotatable bonds is 6. The Morgan fingerprint density at radius 3 is 2.75 bits per heavy atom. The van der Waals surface area contributed by atoms with Gasteiger partial charge in [-0.1, -0.05) is 30.3 Å². The molecule has 1 aromatic heterocycles. The summed E-state index contributed by atoms with van der Waals surface area (Å²) in [6.07, 6.45) is 0.831. The first-order valence-corrected chi connectivity index (χ1v) is 8.99. The lowest BCUT2D eigenvalue weighted by atomic mass is 9.77. The van der Waals surface area contributed by atoms with Gasteiger partial charge in [0.05, 0.1) is 17.7 Å². The SMILES string of the molecule is COc1ccccc1C1(C)C/C(=N\OCCN(C)C)c2sccc21. The lowest BCUT2D eigenvalue weighted by Gasteiger charge is -2.26. The minimum atomic E-state index is -0.133. The molecule has 3 rings (SSSR count). The number of ether oxygens (including phenoxy) is 1. The van der Waals surface area contributed by atoms with Crippen molar-refractivity contribution in [3.05, 3.63) is 51.7 Å². The van der Waals surface area contributed by atoms with Gasteiger partial charge in [-0.15, -0.1) is 11.3 Å². The fourth-order valence-electron chi connectivity index (χ4n) is 3.24. The zero-order valence-electron chi connectivity index (χ0n) is 14.7. The first-order chi connectivity index (χ1) is 11.6. The molecule has 1 atom stereocenters. The predicted molar refractivity (Wildman–Crippen MR) is 99.4 cm³/mol. The van der Waals surface area contributed by atoms with Crippen LogP contribution in [0.3, 0.4) is 0 Å². The van der Waals surface area contributed by atoms with Crippen LogP contribution >= 0.6 is 11.3 Å². The van der Waals surface area contributed by atoms with Gasteiger partial charge >= 0.3 is 0 Å². The molecule has 1 aliphatic carbocycles. The highest BCUT2D eigenvalue weighted by Gasteiger charge is 2.42. The lowest BCUT2D eigenvalue weighted by molar-refractivity contribution is 0.125. The highest BCUT2D eigenvalue weighted by Crippen LogP contribution is 2.48. The first-order valence-electron chi connectivity index (χ1n) is 8.11. The van der Waals surface area contributed by atoms with Crippen LogP contribution in [0.4, 0.5) is 0 Å². The molecule has 1 aliphatic rings. The minimum absolute atomic E-state index is 0.133. The Morgan fingerprint density at radius 1 is 1.21 bits per heavy atom. The second-order valence-corrected chi connectivity index (χ2v) is 7.46. The van der Waals surface area contributed by atoms with Gasteiger partial charge < -0.3 is 14.5 Å². The minimum Gasteiger partial charge on any atom is -0.496 e. The molecule has 0 spiro atoms. The van der Waals surface area contributed by atoms with Crippen LogP contribution in [-0.2, 0) is 10.3 Å². The number of oxime groups is 1. The maximum Gasteiger partial charge on any atom is 0.129 e. The van der Waals surface area contributed by atoms with E-state index in [-0.39, 0.29) is 5.41 Å². The van der Waals surface area contributed by atoms with Crippen LogP contribution in [-0.4, -0.2) is 45.0 Å². The number of nitrogens with zero attached hydrogens (tertiary/aromatic N) is 2. The average Bonchev–Trinajstić information content (AvgIpc) is 3.16. The number of para-hydroxylation sites is 1. The summed E-state index contributed by atoms with van der Waals surface area (Å²) in [6, 6.07) is 10.5. The molecule has 24 heavy (non-hydrogen) atoms. The number of thiophene rings is 1. The summed E-state index contributed by atoms with van der Waals surface area (Å²) in [5, 5.41) is 6.58. The van der Waals surface area contributed by atoms with Crippen LogP contribution in [0.15, 0.2) is 40.9 Å². The Morgan fingerprint density at radius 2 is 2.00 bits per heavy atom. The van der Waals surface area contributed by atoms with Crippen LogP contribution in [0.1, 0.15) is 29.3 Å². The van der Waals surface area contributed by atoms with Gasteiger partial charge in [-0.2, -0.15) is 0 Å². The molecule has 0 saturated carbocycles. The molecule has 0 radical (unpaired) electrons. The van der Waals surface area contributed by atoms with Gasteiger partial charge in [0.25, 0.3) is 0 Å². The van der Waals surface area contributed by atoms with Crippen molar-refractivity contribution < 1.29 is 9.57 Å². The molecule has 5 heteroatoms. The largest absolute Gasteiger partial charge is 0.496 e. The number of fused-ring (bicyclic) bond motifs is 1. The summed E-state index contributed by atoms with van der Waals surface area (Å²) >= 11 is 1.73. The van der Waals surface area contributed by atoms with Crippen LogP contribution in [0.2, 0.25) is 0 Å². The summed E-state index contributed by atoms with van der Waals surface area (Å²) in [5.74, 6) is 0.923. The summed E-state index contributed by atoms with van der Waals surface area (Å²) in [6.45, 7) is 3.72. The Hall–Kier alpha value is -1.85. The van der Waals surface area contributed by atoms with E-state index in [1.807, 2.05) is 26.2 Å². The maximum absolute atomic E-state index is 5.60. The topological polar surface area (TPSA) is 34.1 Å². The van der Waals surface area contributed by atoms with Gasteiger partial charge in [-0.05, 0) is 37.2 Å². The number of hydrogen-bond acceptors (Lipinski definition) is 5. The fraction of sp³-hybridized carbons (Fsp3) is 0.421. The highest BCUT2D eigenvalue weighted by atomic mass is 32.1. The summed E-state index contributed by atoms with van der Waals surface area (Å²) < 4.78 is 5.60. The van der Waals surface area contributed by atoms with Gasteiger partial charge in [-0.25, -0.2) is 0 Å². The summed E-state index contributed by atoms with van der Waals surface area (Å²) in [4.78, 5) is 8.88. The molecule has 0 aliphatic heterocycles. The van der Waals surface area contributed by atoms with Crippen molar-refractivity contribution in [3.8, 4) is 5.75 Å². The van der Waals surface area contributed by atoms with Crippen molar-refractivity contribution in [1.29, 1.82) is 0 Å². The maximum atomic E-state index is 5.60. The van der Waals surface area contributed by atoms with Crippen LogP contribution in [0.5, 0.6) is 5.75 Å². The van der Waals surface area contributed by atoms with E-state index in [9.17, 15) is 0 Å². The second-order valence-electron chi connectivity index (χ2n) is 6.55. The smallest absolute Gasteiger partial charge is 0.129 e. The van der Waals surface area contributed by atoms with E-state index < -0.39 is 0 Å². The van der Waals surface area contributed by atoms with E-state index >= 15 is 0 Å². The third-order valence-electron chi connectivity index (χ3n) is 4.55. The summed E-state index contributed by atoms with van der Waals surface area (Å²) in [5.41, 5.74) is 3.41. The first kappa shape index (κ1) is 17.0. The molecular formula is C19H24N2O2S. The molecular weight excluding hydrogens is 320 g/mol. The third-order valence-corrected chi connectivity index (χ3v) is 5.51. The van der Waals surface area contributed by atoms with Gasteiger partial charge in [0, 0.05) is 23.9 Å². The molecule has 0 amide bonds. The quantitative estimate of drug-likeness (QED) is 0.591. The molecule has 0 N–H and O–H groups in total. The lowest BCUT2D eigenvalue weighted by Crippen LogP contribution is -2.21. The van der Waals surface area contributed by atoms with Crippen molar-refractivity contribution in [2.24, 2.45) is 5.16 Å². The molecule has 128 valence electrons. The third kappa shape index (κ3) is 3.06. The number of benzene rings is 1. The fourth-order valence-corrected chi connectivity index (χ4v) is 4.25. The average molecular weight is 344 g/mol. The molecule has 1 unspecified atom stereocenters. The van der Waals surface area contributed by atoms with Crippen LogP contribution < -0.4 is 4.74 Å². The molecule has 1 heterocycles. The number of methoxy groups -OCH3 is 1. The van der Waals surface area contributed by atoms with Gasteiger partial charge in [0.1, 0.15) is 12.4 Å². The zero-order chi connectivity index (χ0) is 17.2. The summed E-state index contributed by atoms with van der Waals surface area (Å²) in [7, 11) is 5.79. The molecule has 4 nitrogen and oxygen atoms in total. The Labute approximate surface area is 147 Å². The van der Waals surface area contributed by atoms with Crippen molar-refractivity contribution in [1.82, 2.24) is 4.90 Å². The zero-order valence-corrected chi connectivity index (χ0v) is 15.5. The Bertz CT molecular complexity index is 738. The highest BCUT2D eigenvalue weighted by molar-refractivity contribution is 7.12. The standard InChI is InChI=1S/C19H24N2O2S/c1-19(14-7-5-6-8-17(14)22-4)13-16(18-15(19)9-12-24-18)20-23-11-10-21(2)3/h5-9,12H,10-11,13H2,1-4H3/b20-16+. The van der Waals surface area contributed by atoms with Gasteiger partial charge in [-0.3, -0.25) is 0 Å². The van der Waals surface area contributed by atoms with Gasteiger partial charge in [0.15, 0.2) is 0 Å². The van der Waals surface area contributed by atoms with Crippen molar-refractivity contribution >= 4 is 17.0 Å². The van der Waals surface area contributed by atoms with Crippen LogP contribution in [0.25, 0.3) is 0 Å². The van der Waals surface area contributed by atoms with E-state index in [4.69, 9.17) is 9.57 Å². The van der Waals surface area contributed by atoms with E-state index in [1.165, 1.54) is 16.0 Å². The Balaban J connectivity index is 1.91. The number of likely N-dealkylation sites (N-methyl/N-ethyl adjacent to an activating group) is 1. The van der Waals surface area contributed by atoms with Crippen molar-refractivity contribution in [2.75, 3.05) is 34.4 Å². The normalized spacial score (nSPS) is 21.3. The molecule has 0 fully saturated rings. The van der Waals surface area contributed by atoms with E-state index in [0.717, 1.165) is 24.4 Å². The van der Waals surface area contributed by atoms with Crippen molar-refractivity contribution in [2.45, 2.75) is 18.8 Å². The molecule has 0 saturated heterocycles. The van der Waals surface area contributed by atoms with Crippen LogP contribution in [0, 0.1) is 0 Å². The second kappa shape index (κ2) is 6.95.